The van der Waals surface area contributed by atoms with Gasteiger partial charge in [0.2, 0.25) is 5.91 Å². The SMILES string of the molecule is Cc1ccc(/C=C/C(=O)NCc2cccc(NC(=O)c3ccc(F)cc3)c2)o1. The van der Waals surface area contributed by atoms with Gasteiger partial charge in [-0.25, -0.2) is 4.39 Å². The normalized spacial score (nSPS) is 10.8. The van der Waals surface area contributed by atoms with Gasteiger partial charge in [0.05, 0.1) is 0 Å². The lowest BCUT2D eigenvalue weighted by molar-refractivity contribution is -0.116. The number of furan rings is 1. The van der Waals surface area contributed by atoms with E-state index in [0.717, 1.165) is 11.3 Å². The van der Waals surface area contributed by atoms with Crippen molar-refractivity contribution in [2.75, 3.05) is 5.32 Å². The Bertz CT molecular complexity index is 1010. The van der Waals surface area contributed by atoms with Gasteiger partial charge < -0.3 is 15.1 Å². The number of benzene rings is 2. The number of carbonyl (C=O) groups excluding carboxylic acids is 2. The van der Waals surface area contributed by atoms with E-state index < -0.39 is 5.82 Å². The largest absolute Gasteiger partial charge is 0.462 e. The fraction of sp³-hybridized carbons (Fsp3) is 0.0909. The number of carbonyl (C=O) groups is 2. The topological polar surface area (TPSA) is 71.3 Å². The number of hydrogen-bond donors (Lipinski definition) is 2. The Morgan fingerprint density at radius 1 is 1.07 bits per heavy atom. The second kappa shape index (κ2) is 8.81. The lowest BCUT2D eigenvalue weighted by atomic mass is 10.1. The predicted octanol–water partition coefficient (Wildman–Crippen LogP) is 4.31. The monoisotopic (exact) mass is 378 g/mol. The second-order valence-electron chi connectivity index (χ2n) is 6.16. The minimum Gasteiger partial charge on any atom is -0.462 e. The first-order valence-corrected chi connectivity index (χ1v) is 8.68. The van der Waals surface area contributed by atoms with Crippen LogP contribution in [0.25, 0.3) is 6.08 Å². The van der Waals surface area contributed by atoms with Crippen LogP contribution < -0.4 is 10.6 Å². The van der Waals surface area contributed by atoms with Gasteiger partial charge in [0, 0.05) is 23.9 Å². The van der Waals surface area contributed by atoms with E-state index in [4.69, 9.17) is 4.42 Å². The Balaban J connectivity index is 1.55. The molecule has 0 radical (unpaired) electrons. The zero-order valence-electron chi connectivity index (χ0n) is 15.2. The maximum Gasteiger partial charge on any atom is 0.255 e. The molecule has 0 atom stereocenters. The molecule has 0 fully saturated rings. The zero-order chi connectivity index (χ0) is 19.9. The van der Waals surface area contributed by atoms with Gasteiger partial charge >= 0.3 is 0 Å². The molecule has 0 bridgehead atoms. The van der Waals surface area contributed by atoms with Gasteiger partial charge in [-0.3, -0.25) is 9.59 Å². The van der Waals surface area contributed by atoms with Gasteiger partial charge in [-0.15, -0.1) is 0 Å². The molecule has 2 aromatic carbocycles. The van der Waals surface area contributed by atoms with E-state index in [-0.39, 0.29) is 11.8 Å². The summed E-state index contributed by atoms with van der Waals surface area (Å²) in [6.45, 7) is 2.14. The fourth-order valence-electron chi connectivity index (χ4n) is 2.51. The standard InChI is InChI=1S/C22H19FN2O3/c1-15-5-10-20(28-15)11-12-21(26)24-14-16-3-2-4-19(13-16)25-22(27)17-6-8-18(23)9-7-17/h2-13H,14H2,1H3,(H,24,26)(H,25,27)/b12-11+. The molecule has 0 saturated heterocycles. The average Bonchev–Trinajstić information content (AvgIpc) is 3.11. The van der Waals surface area contributed by atoms with Crippen LogP contribution in [0.1, 0.15) is 27.4 Å². The van der Waals surface area contributed by atoms with Crippen molar-refractivity contribution in [3.05, 3.63) is 95.2 Å². The highest BCUT2D eigenvalue weighted by molar-refractivity contribution is 6.04. The first-order valence-electron chi connectivity index (χ1n) is 8.68. The number of amides is 2. The Kier molecular flexibility index (Phi) is 6.01. The molecule has 0 aliphatic carbocycles. The first kappa shape index (κ1) is 19.1. The molecule has 2 N–H and O–H groups in total. The lowest BCUT2D eigenvalue weighted by Gasteiger charge is -2.08. The van der Waals surface area contributed by atoms with Crippen molar-refractivity contribution in [1.29, 1.82) is 0 Å². The Hall–Kier alpha value is -3.67. The molecule has 1 aromatic heterocycles. The maximum atomic E-state index is 13.0. The van der Waals surface area contributed by atoms with Crippen LogP contribution in [0.15, 0.2) is 71.2 Å². The van der Waals surface area contributed by atoms with E-state index in [1.807, 2.05) is 19.1 Å². The molecule has 6 heteroatoms. The number of anilines is 1. The van der Waals surface area contributed by atoms with Gasteiger partial charge in [-0.2, -0.15) is 0 Å². The van der Waals surface area contributed by atoms with Crippen LogP contribution in [-0.4, -0.2) is 11.8 Å². The summed E-state index contributed by atoms with van der Waals surface area (Å²) >= 11 is 0. The van der Waals surface area contributed by atoms with Crippen molar-refractivity contribution in [2.24, 2.45) is 0 Å². The predicted molar refractivity (Wildman–Crippen MR) is 105 cm³/mol. The van der Waals surface area contributed by atoms with Gasteiger partial charge in [0.1, 0.15) is 17.3 Å². The molecule has 3 aromatic rings. The summed E-state index contributed by atoms with van der Waals surface area (Å²) in [6, 6.07) is 16.0. The highest BCUT2D eigenvalue weighted by Crippen LogP contribution is 2.13. The van der Waals surface area contributed by atoms with Gasteiger partial charge in [-0.05, 0) is 67.1 Å². The number of nitrogens with one attached hydrogen (secondary N) is 2. The molecule has 0 saturated carbocycles. The molecule has 3 rings (SSSR count). The van der Waals surface area contributed by atoms with Crippen LogP contribution in [-0.2, 0) is 11.3 Å². The molecular formula is C22H19FN2O3. The van der Waals surface area contributed by atoms with Crippen molar-refractivity contribution >= 4 is 23.6 Å². The van der Waals surface area contributed by atoms with Gasteiger partial charge in [-0.1, -0.05) is 12.1 Å². The van der Waals surface area contributed by atoms with E-state index in [9.17, 15) is 14.0 Å². The van der Waals surface area contributed by atoms with Crippen molar-refractivity contribution < 1.29 is 18.4 Å². The Labute approximate surface area is 161 Å². The van der Waals surface area contributed by atoms with Gasteiger partial charge in [0.25, 0.3) is 5.91 Å². The van der Waals surface area contributed by atoms with Crippen molar-refractivity contribution in [3.63, 3.8) is 0 Å². The van der Waals surface area contributed by atoms with E-state index in [1.54, 1.807) is 30.3 Å². The molecular weight excluding hydrogens is 359 g/mol. The number of aryl methyl sites for hydroxylation is 1. The lowest BCUT2D eigenvalue weighted by Crippen LogP contribution is -2.20. The molecule has 1 heterocycles. The van der Waals surface area contributed by atoms with Crippen LogP contribution in [0, 0.1) is 12.7 Å². The molecule has 0 aliphatic heterocycles. The van der Waals surface area contributed by atoms with Crippen molar-refractivity contribution in [3.8, 4) is 0 Å². The highest BCUT2D eigenvalue weighted by atomic mass is 19.1. The minimum atomic E-state index is -0.398. The summed E-state index contributed by atoms with van der Waals surface area (Å²) in [7, 11) is 0. The maximum absolute atomic E-state index is 13.0. The molecule has 142 valence electrons. The number of hydrogen-bond acceptors (Lipinski definition) is 3. The molecule has 5 nitrogen and oxygen atoms in total. The summed E-state index contributed by atoms with van der Waals surface area (Å²) in [5.41, 5.74) is 1.77. The Morgan fingerprint density at radius 2 is 1.86 bits per heavy atom. The van der Waals surface area contributed by atoms with E-state index in [0.29, 0.717) is 23.6 Å². The zero-order valence-corrected chi connectivity index (χ0v) is 15.2. The Morgan fingerprint density at radius 3 is 2.57 bits per heavy atom. The van der Waals surface area contributed by atoms with Crippen LogP contribution in [0.5, 0.6) is 0 Å². The van der Waals surface area contributed by atoms with Crippen LogP contribution >= 0.6 is 0 Å². The third-order valence-electron chi connectivity index (χ3n) is 3.92. The smallest absolute Gasteiger partial charge is 0.255 e. The van der Waals surface area contributed by atoms with Gasteiger partial charge in [0.15, 0.2) is 0 Å². The van der Waals surface area contributed by atoms with E-state index >= 15 is 0 Å². The number of rotatable bonds is 6. The molecule has 28 heavy (non-hydrogen) atoms. The molecule has 0 unspecified atom stereocenters. The average molecular weight is 378 g/mol. The summed E-state index contributed by atoms with van der Waals surface area (Å²) < 4.78 is 18.3. The highest BCUT2D eigenvalue weighted by Gasteiger charge is 2.07. The minimum absolute atomic E-state index is 0.255. The van der Waals surface area contributed by atoms with Crippen LogP contribution in [0.4, 0.5) is 10.1 Å². The van der Waals surface area contributed by atoms with E-state index in [2.05, 4.69) is 10.6 Å². The third kappa shape index (κ3) is 5.41. The van der Waals surface area contributed by atoms with Crippen LogP contribution in [0.2, 0.25) is 0 Å². The van der Waals surface area contributed by atoms with Crippen molar-refractivity contribution in [1.82, 2.24) is 5.32 Å². The summed E-state index contributed by atoms with van der Waals surface area (Å²) in [5, 5.41) is 5.53. The summed E-state index contributed by atoms with van der Waals surface area (Å²) in [4.78, 5) is 24.1. The van der Waals surface area contributed by atoms with Crippen LogP contribution in [0.3, 0.4) is 0 Å². The third-order valence-corrected chi connectivity index (χ3v) is 3.92. The first-order chi connectivity index (χ1) is 13.5. The summed E-state index contributed by atoms with van der Waals surface area (Å²) in [5.74, 6) is 0.399. The quantitative estimate of drug-likeness (QED) is 0.628. The van der Waals surface area contributed by atoms with E-state index in [1.165, 1.54) is 30.3 Å². The van der Waals surface area contributed by atoms with Crippen molar-refractivity contribution in [2.45, 2.75) is 13.5 Å². The molecule has 0 aliphatic rings. The second-order valence-corrected chi connectivity index (χ2v) is 6.16. The molecule has 2 amide bonds. The number of halogens is 1. The fourth-order valence-corrected chi connectivity index (χ4v) is 2.51. The molecule has 0 spiro atoms. The summed E-state index contributed by atoms with van der Waals surface area (Å²) in [6.07, 6.45) is 3.00.